The van der Waals surface area contributed by atoms with E-state index in [1.54, 1.807) is 11.3 Å². The molecule has 4 heteroatoms. The molecule has 0 aromatic carbocycles. The van der Waals surface area contributed by atoms with Crippen molar-refractivity contribution in [2.24, 2.45) is 5.73 Å². The van der Waals surface area contributed by atoms with Gasteiger partial charge in [0.05, 0.1) is 0 Å². The van der Waals surface area contributed by atoms with Crippen LogP contribution in [0.1, 0.15) is 22.9 Å². The number of aryl methyl sites for hydroxylation is 1. The second kappa shape index (κ2) is 5.48. The van der Waals surface area contributed by atoms with Crippen molar-refractivity contribution in [1.82, 2.24) is 9.80 Å². The lowest BCUT2D eigenvalue weighted by Gasteiger charge is -2.38. The van der Waals surface area contributed by atoms with E-state index in [4.69, 9.17) is 5.73 Å². The summed E-state index contributed by atoms with van der Waals surface area (Å²) in [5, 5.41) is 2.20. The van der Waals surface area contributed by atoms with Crippen LogP contribution in [-0.4, -0.2) is 49.6 Å². The zero-order valence-electron chi connectivity index (χ0n) is 11.0. The van der Waals surface area contributed by atoms with Crippen LogP contribution in [0.15, 0.2) is 11.4 Å². The van der Waals surface area contributed by atoms with E-state index in [-0.39, 0.29) is 6.04 Å². The van der Waals surface area contributed by atoms with Gasteiger partial charge in [0, 0.05) is 36.6 Å². The molecule has 0 bridgehead atoms. The van der Waals surface area contributed by atoms with Gasteiger partial charge in [-0.05, 0) is 44.4 Å². The number of nitrogens with two attached hydrogens (primary N) is 1. The summed E-state index contributed by atoms with van der Waals surface area (Å²) >= 11 is 1.79. The molecule has 0 amide bonds. The van der Waals surface area contributed by atoms with Gasteiger partial charge in [-0.1, -0.05) is 0 Å². The average molecular weight is 253 g/mol. The molecule has 2 N–H and O–H groups in total. The summed E-state index contributed by atoms with van der Waals surface area (Å²) in [6, 6.07) is 2.99. The van der Waals surface area contributed by atoms with Crippen LogP contribution in [0.4, 0.5) is 0 Å². The minimum Gasteiger partial charge on any atom is -0.324 e. The SMILES string of the molecule is Cc1cc(C(N)CC2CN(C)CCN2C)cs1. The molecule has 2 atom stereocenters. The van der Waals surface area contributed by atoms with E-state index < -0.39 is 0 Å². The van der Waals surface area contributed by atoms with Crippen LogP contribution in [0.5, 0.6) is 0 Å². The maximum Gasteiger partial charge on any atom is 0.0318 e. The van der Waals surface area contributed by atoms with E-state index in [1.807, 2.05) is 0 Å². The van der Waals surface area contributed by atoms with Gasteiger partial charge in [0.1, 0.15) is 0 Å². The number of rotatable bonds is 3. The highest BCUT2D eigenvalue weighted by Gasteiger charge is 2.24. The Labute approximate surface area is 108 Å². The van der Waals surface area contributed by atoms with Gasteiger partial charge in [-0.2, -0.15) is 0 Å². The minimum atomic E-state index is 0.180. The van der Waals surface area contributed by atoms with Crippen molar-refractivity contribution >= 4 is 11.3 Å². The van der Waals surface area contributed by atoms with Crippen LogP contribution >= 0.6 is 11.3 Å². The Kier molecular flexibility index (Phi) is 4.20. The van der Waals surface area contributed by atoms with Gasteiger partial charge in [-0.3, -0.25) is 0 Å². The molecule has 0 aliphatic carbocycles. The molecule has 2 unspecified atom stereocenters. The normalized spacial score (nSPS) is 25.1. The Balaban J connectivity index is 1.95. The molecule has 2 heterocycles. The summed E-state index contributed by atoms with van der Waals surface area (Å²) in [6.45, 7) is 5.59. The van der Waals surface area contributed by atoms with Gasteiger partial charge in [0.25, 0.3) is 0 Å². The van der Waals surface area contributed by atoms with Gasteiger partial charge in [-0.15, -0.1) is 11.3 Å². The molecule has 0 radical (unpaired) electrons. The maximum absolute atomic E-state index is 6.31. The Morgan fingerprint density at radius 1 is 1.47 bits per heavy atom. The molecule has 0 spiro atoms. The summed E-state index contributed by atoms with van der Waals surface area (Å²) in [5.41, 5.74) is 7.61. The monoisotopic (exact) mass is 253 g/mol. The highest BCUT2D eigenvalue weighted by Crippen LogP contribution is 2.24. The molecule has 1 aliphatic heterocycles. The molecule has 96 valence electrons. The van der Waals surface area contributed by atoms with E-state index >= 15 is 0 Å². The number of hydrogen-bond acceptors (Lipinski definition) is 4. The maximum atomic E-state index is 6.31. The van der Waals surface area contributed by atoms with Crippen molar-refractivity contribution in [2.75, 3.05) is 33.7 Å². The zero-order chi connectivity index (χ0) is 12.4. The van der Waals surface area contributed by atoms with Crippen molar-refractivity contribution in [3.8, 4) is 0 Å². The van der Waals surface area contributed by atoms with E-state index in [0.717, 1.165) is 19.5 Å². The highest BCUT2D eigenvalue weighted by atomic mass is 32.1. The summed E-state index contributed by atoms with van der Waals surface area (Å²) in [5.74, 6) is 0. The first-order valence-corrected chi connectivity index (χ1v) is 7.13. The first kappa shape index (κ1) is 13.0. The largest absolute Gasteiger partial charge is 0.324 e. The number of nitrogens with zero attached hydrogens (tertiary/aromatic N) is 2. The third kappa shape index (κ3) is 3.28. The van der Waals surface area contributed by atoms with Gasteiger partial charge in [0.15, 0.2) is 0 Å². The Hall–Kier alpha value is -0.420. The standard InChI is InChI=1S/C13H23N3S/c1-10-6-11(9-17-10)13(14)7-12-8-15(2)4-5-16(12)3/h6,9,12-13H,4-5,7-8,14H2,1-3H3. The van der Waals surface area contributed by atoms with Crippen molar-refractivity contribution in [3.05, 3.63) is 21.9 Å². The van der Waals surface area contributed by atoms with Crippen LogP contribution < -0.4 is 5.73 Å². The minimum absolute atomic E-state index is 0.180. The summed E-state index contributed by atoms with van der Waals surface area (Å²) < 4.78 is 0. The molecule has 0 saturated carbocycles. The van der Waals surface area contributed by atoms with Gasteiger partial charge in [0.2, 0.25) is 0 Å². The lowest BCUT2D eigenvalue weighted by atomic mass is 10.00. The molecule has 1 saturated heterocycles. The molecule has 1 aliphatic rings. The zero-order valence-corrected chi connectivity index (χ0v) is 11.8. The van der Waals surface area contributed by atoms with Crippen molar-refractivity contribution in [3.63, 3.8) is 0 Å². The Morgan fingerprint density at radius 2 is 2.24 bits per heavy atom. The molecular formula is C13H23N3S. The lowest BCUT2D eigenvalue weighted by molar-refractivity contribution is 0.104. The number of piperazine rings is 1. The molecule has 1 aromatic heterocycles. The van der Waals surface area contributed by atoms with Crippen LogP contribution in [0.3, 0.4) is 0 Å². The van der Waals surface area contributed by atoms with Crippen molar-refractivity contribution in [2.45, 2.75) is 25.4 Å². The first-order valence-electron chi connectivity index (χ1n) is 6.25. The van der Waals surface area contributed by atoms with Crippen LogP contribution in [-0.2, 0) is 0 Å². The molecule has 1 aromatic rings. The third-order valence-corrected chi connectivity index (χ3v) is 4.56. The van der Waals surface area contributed by atoms with Gasteiger partial charge in [-0.25, -0.2) is 0 Å². The Bertz CT molecular complexity index is 363. The molecular weight excluding hydrogens is 230 g/mol. The molecule has 1 fully saturated rings. The van der Waals surface area contributed by atoms with E-state index in [1.165, 1.54) is 17.0 Å². The van der Waals surface area contributed by atoms with E-state index in [2.05, 4.69) is 42.3 Å². The fraction of sp³-hybridized carbons (Fsp3) is 0.692. The fourth-order valence-corrected chi connectivity index (χ4v) is 3.21. The predicted octanol–water partition coefficient (Wildman–Crippen LogP) is 1.69. The number of likely N-dealkylation sites (N-methyl/N-ethyl adjacent to an activating group) is 2. The predicted molar refractivity (Wildman–Crippen MR) is 74.5 cm³/mol. The fourth-order valence-electron chi connectivity index (χ4n) is 2.44. The second-order valence-electron chi connectivity index (χ2n) is 5.23. The van der Waals surface area contributed by atoms with Crippen molar-refractivity contribution < 1.29 is 0 Å². The summed E-state index contributed by atoms with van der Waals surface area (Å²) in [6.07, 6.45) is 1.05. The topological polar surface area (TPSA) is 32.5 Å². The smallest absolute Gasteiger partial charge is 0.0318 e. The summed E-state index contributed by atoms with van der Waals surface area (Å²) in [4.78, 5) is 6.19. The molecule has 3 nitrogen and oxygen atoms in total. The van der Waals surface area contributed by atoms with Crippen LogP contribution in [0.2, 0.25) is 0 Å². The van der Waals surface area contributed by atoms with E-state index in [0.29, 0.717) is 6.04 Å². The average Bonchev–Trinajstić information content (AvgIpc) is 2.70. The van der Waals surface area contributed by atoms with Gasteiger partial charge >= 0.3 is 0 Å². The van der Waals surface area contributed by atoms with Gasteiger partial charge < -0.3 is 15.5 Å². The molecule has 17 heavy (non-hydrogen) atoms. The quantitative estimate of drug-likeness (QED) is 0.890. The van der Waals surface area contributed by atoms with Crippen LogP contribution in [0.25, 0.3) is 0 Å². The molecule has 2 rings (SSSR count). The third-order valence-electron chi connectivity index (χ3n) is 3.69. The second-order valence-corrected chi connectivity index (χ2v) is 6.34. The van der Waals surface area contributed by atoms with Crippen LogP contribution in [0, 0.1) is 6.92 Å². The first-order chi connectivity index (χ1) is 8.06. The van der Waals surface area contributed by atoms with E-state index in [9.17, 15) is 0 Å². The Morgan fingerprint density at radius 3 is 2.88 bits per heavy atom. The number of hydrogen-bond donors (Lipinski definition) is 1. The number of thiophene rings is 1. The highest BCUT2D eigenvalue weighted by molar-refractivity contribution is 7.10. The summed E-state index contributed by atoms with van der Waals surface area (Å²) in [7, 11) is 4.41. The van der Waals surface area contributed by atoms with Crippen molar-refractivity contribution in [1.29, 1.82) is 0 Å². The lowest BCUT2D eigenvalue weighted by Crippen LogP contribution is -2.50.